The van der Waals surface area contributed by atoms with E-state index in [4.69, 9.17) is 5.26 Å². The van der Waals surface area contributed by atoms with Gasteiger partial charge in [0.2, 0.25) is 0 Å². The molecule has 0 aliphatic carbocycles. The van der Waals surface area contributed by atoms with E-state index in [1.54, 1.807) is 6.07 Å². The van der Waals surface area contributed by atoms with E-state index in [1.165, 1.54) is 0 Å². The number of alkyl halides is 3. The van der Waals surface area contributed by atoms with Gasteiger partial charge in [-0.1, -0.05) is 0 Å². The fourth-order valence-electron chi connectivity index (χ4n) is 1.14. The van der Waals surface area contributed by atoms with Crippen molar-refractivity contribution in [3.05, 3.63) is 0 Å². The molecule has 0 aromatic carbocycles. The van der Waals surface area contributed by atoms with Crippen molar-refractivity contribution < 1.29 is 22.8 Å². The lowest BCUT2D eigenvalue weighted by Crippen LogP contribution is -2.37. The van der Waals surface area contributed by atoms with Crippen LogP contribution in [0.25, 0.3) is 0 Å². The van der Waals surface area contributed by atoms with Crippen LogP contribution in [-0.2, 0) is 9.63 Å². The van der Waals surface area contributed by atoms with Crippen molar-refractivity contribution in [2.24, 2.45) is 0 Å². The first-order chi connectivity index (χ1) is 6.45. The average Bonchev–Trinajstić information content (AvgIpc) is 2.50. The van der Waals surface area contributed by atoms with Gasteiger partial charge in [0, 0.05) is 6.54 Å². The Hall–Kier alpha value is -1.29. The molecule has 0 bridgehead atoms. The zero-order chi connectivity index (χ0) is 10.8. The van der Waals surface area contributed by atoms with Crippen LogP contribution in [0.4, 0.5) is 13.2 Å². The van der Waals surface area contributed by atoms with Crippen molar-refractivity contribution in [3.63, 3.8) is 0 Å². The van der Waals surface area contributed by atoms with Crippen molar-refractivity contribution in [1.82, 2.24) is 5.06 Å². The molecule has 0 radical (unpaired) electrons. The highest BCUT2D eigenvalue weighted by Gasteiger charge is 2.44. The standard InChI is InChI=1S/C7H7F3N2O2/c8-7(9,10)6(13)14-12-3-1-2-5(12)4-11/h5H,1-3H2/t5-/m0/s1. The molecule has 14 heavy (non-hydrogen) atoms. The maximum absolute atomic E-state index is 11.7. The van der Waals surface area contributed by atoms with Gasteiger partial charge in [-0.2, -0.15) is 18.4 Å². The monoisotopic (exact) mass is 208 g/mol. The van der Waals surface area contributed by atoms with Gasteiger partial charge in [-0.3, -0.25) is 0 Å². The first-order valence-electron chi connectivity index (χ1n) is 3.90. The smallest absolute Gasteiger partial charge is 0.359 e. The van der Waals surface area contributed by atoms with Crippen LogP contribution in [0.15, 0.2) is 0 Å². The van der Waals surface area contributed by atoms with Gasteiger partial charge in [0.15, 0.2) is 0 Å². The Morgan fingerprint density at radius 3 is 2.71 bits per heavy atom. The Kier molecular flexibility index (Phi) is 2.96. The first-order valence-corrected chi connectivity index (χ1v) is 3.90. The molecule has 1 aliphatic rings. The van der Waals surface area contributed by atoms with Gasteiger partial charge in [0.25, 0.3) is 0 Å². The van der Waals surface area contributed by atoms with Gasteiger partial charge in [0.1, 0.15) is 6.04 Å². The van der Waals surface area contributed by atoms with Crippen LogP contribution in [0.1, 0.15) is 12.8 Å². The minimum atomic E-state index is -5.01. The van der Waals surface area contributed by atoms with E-state index in [9.17, 15) is 18.0 Å². The highest BCUT2D eigenvalue weighted by Crippen LogP contribution is 2.22. The van der Waals surface area contributed by atoms with E-state index < -0.39 is 18.2 Å². The number of rotatable bonds is 1. The van der Waals surface area contributed by atoms with E-state index in [0.29, 0.717) is 12.8 Å². The summed E-state index contributed by atoms with van der Waals surface area (Å²) in [6.45, 7) is 0.167. The summed E-state index contributed by atoms with van der Waals surface area (Å²) in [4.78, 5) is 14.4. The summed E-state index contributed by atoms with van der Waals surface area (Å²) < 4.78 is 35.2. The van der Waals surface area contributed by atoms with Gasteiger partial charge in [-0.15, -0.1) is 5.06 Å². The van der Waals surface area contributed by atoms with Crippen molar-refractivity contribution in [1.29, 1.82) is 5.26 Å². The van der Waals surface area contributed by atoms with Crippen LogP contribution < -0.4 is 0 Å². The third kappa shape index (κ3) is 2.35. The topological polar surface area (TPSA) is 53.3 Å². The highest BCUT2D eigenvalue weighted by molar-refractivity contribution is 5.75. The number of hydrogen-bond acceptors (Lipinski definition) is 4. The van der Waals surface area contributed by atoms with E-state index in [-0.39, 0.29) is 6.54 Å². The normalized spacial score (nSPS) is 23.1. The maximum atomic E-state index is 11.7. The SMILES string of the molecule is N#C[C@@H]1CCCN1OC(=O)C(F)(F)F. The molecule has 0 saturated carbocycles. The lowest BCUT2D eigenvalue weighted by molar-refractivity contribution is -0.238. The number of carbonyl (C=O) groups excluding carboxylic acids is 1. The number of nitriles is 1. The van der Waals surface area contributed by atoms with Gasteiger partial charge < -0.3 is 4.84 Å². The number of nitrogens with zero attached hydrogens (tertiary/aromatic N) is 2. The second-order valence-electron chi connectivity index (χ2n) is 2.80. The molecule has 0 spiro atoms. The van der Waals surface area contributed by atoms with Crippen molar-refractivity contribution in [2.75, 3.05) is 6.54 Å². The summed E-state index contributed by atoms with van der Waals surface area (Å²) in [6, 6.07) is 0.989. The summed E-state index contributed by atoms with van der Waals surface area (Å²) in [5.74, 6) is -2.28. The molecular formula is C7H7F3N2O2. The molecule has 1 saturated heterocycles. The molecule has 0 N–H and O–H groups in total. The van der Waals surface area contributed by atoms with E-state index in [2.05, 4.69) is 4.84 Å². The quantitative estimate of drug-likeness (QED) is 0.644. The molecule has 1 heterocycles. The van der Waals surface area contributed by atoms with Crippen molar-refractivity contribution >= 4 is 5.97 Å². The van der Waals surface area contributed by atoms with Crippen LogP contribution in [0.5, 0.6) is 0 Å². The molecule has 0 amide bonds. The van der Waals surface area contributed by atoms with Gasteiger partial charge in [-0.25, -0.2) is 4.79 Å². The van der Waals surface area contributed by atoms with Gasteiger partial charge in [-0.05, 0) is 12.8 Å². The Bertz CT molecular complexity index is 271. The predicted molar refractivity (Wildman–Crippen MR) is 37.5 cm³/mol. The Balaban J connectivity index is 2.53. The number of hydroxylamine groups is 2. The molecule has 0 aromatic rings. The molecular weight excluding hydrogens is 201 g/mol. The Morgan fingerprint density at radius 1 is 1.57 bits per heavy atom. The summed E-state index contributed by atoms with van der Waals surface area (Å²) in [6.07, 6.45) is -4.05. The second kappa shape index (κ2) is 3.84. The van der Waals surface area contributed by atoms with E-state index >= 15 is 0 Å². The van der Waals surface area contributed by atoms with Crippen LogP contribution >= 0.6 is 0 Å². The maximum Gasteiger partial charge on any atom is 0.492 e. The molecule has 0 aromatic heterocycles. The largest absolute Gasteiger partial charge is 0.492 e. The van der Waals surface area contributed by atoms with Crippen LogP contribution in [-0.4, -0.2) is 29.8 Å². The molecule has 1 atom stereocenters. The molecule has 1 rings (SSSR count). The van der Waals surface area contributed by atoms with Gasteiger partial charge >= 0.3 is 12.1 Å². The lowest BCUT2D eigenvalue weighted by Gasteiger charge is -2.18. The minimum absolute atomic E-state index is 0.167. The summed E-state index contributed by atoms with van der Waals surface area (Å²) in [5.41, 5.74) is 0. The lowest BCUT2D eigenvalue weighted by atomic mass is 10.2. The summed E-state index contributed by atoms with van der Waals surface area (Å²) in [5, 5.41) is 9.26. The molecule has 4 nitrogen and oxygen atoms in total. The molecule has 1 aliphatic heterocycles. The predicted octanol–water partition coefficient (Wildman–Crippen LogP) is 0.995. The van der Waals surface area contributed by atoms with Crippen molar-refractivity contribution in [3.8, 4) is 6.07 Å². The average molecular weight is 208 g/mol. The fourth-order valence-corrected chi connectivity index (χ4v) is 1.14. The highest BCUT2D eigenvalue weighted by atomic mass is 19.4. The molecule has 7 heteroatoms. The van der Waals surface area contributed by atoms with Crippen molar-refractivity contribution in [2.45, 2.75) is 25.1 Å². The third-order valence-electron chi connectivity index (χ3n) is 1.78. The third-order valence-corrected chi connectivity index (χ3v) is 1.78. The number of halogens is 3. The second-order valence-corrected chi connectivity index (χ2v) is 2.80. The molecule has 78 valence electrons. The fraction of sp³-hybridized carbons (Fsp3) is 0.714. The summed E-state index contributed by atoms with van der Waals surface area (Å²) >= 11 is 0. The first kappa shape index (κ1) is 10.8. The Morgan fingerprint density at radius 2 is 2.21 bits per heavy atom. The zero-order valence-electron chi connectivity index (χ0n) is 7.04. The van der Waals surface area contributed by atoms with Crippen LogP contribution in [0.2, 0.25) is 0 Å². The van der Waals surface area contributed by atoms with E-state index in [1.807, 2.05) is 0 Å². The number of carbonyl (C=O) groups is 1. The minimum Gasteiger partial charge on any atom is -0.359 e. The summed E-state index contributed by atoms with van der Waals surface area (Å²) in [7, 11) is 0. The zero-order valence-corrected chi connectivity index (χ0v) is 7.04. The number of hydrogen-bond donors (Lipinski definition) is 0. The molecule has 0 unspecified atom stereocenters. The molecule has 1 fully saturated rings. The van der Waals surface area contributed by atoms with Crippen LogP contribution in [0.3, 0.4) is 0 Å². The van der Waals surface area contributed by atoms with Gasteiger partial charge in [0.05, 0.1) is 6.07 Å². The van der Waals surface area contributed by atoms with E-state index in [0.717, 1.165) is 5.06 Å². The Labute approximate surface area is 77.8 Å². The van der Waals surface area contributed by atoms with Crippen LogP contribution in [0, 0.1) is 11.3 Å².